The van der Waals surface area contributed by atoms with Crippen molar-refractivity contribution in [1.82, 2.24) is 4.98 Å². The van der Waals surface area contributed by atoms with E-state index in [9.17, 15) is 0 Å². The maximum Gasteiger partial charge on any atom is 0.0725 e. The molecule has 0 aliphatic heterocycles. The first kappa shape index (κ1) is 31.4. The summed E-state index contributed by atoms with van der Waals surface area (Å²) in [5, 5.41) is 0. The van der Waals surface area contributed by atoms with Gasteiger partial charge in [-0.15, -0.1) is 0 Å². The van der Waals surface area contributed by atoms with Crippen LogP contribution in [0.25, 0.3) is 78.1 Å². The molecule has 0 N–H and O–H groups in total. The minimum atomic E-state index is -0.413. The molecule has 55 heavy (non-hydrogen) atoms. The topological polar surface area (TPSA) is 12.9 Å². The molecule has 0 saturated heterocycles. The molecule has 1 spiro atoms. The van der Waals surface area contributed by atoms with E-state index < -0.39 is 5.41 Å². The minimum absolute atomic E-state index is 0.413. The fraction of sp³-hybridized carbons (Fsp3) is 0.0185. The molecule has 0 atom stereocenters. The molecule has 0 fully saturated rings. The number of aromatic nitrogens is 1. The van der Waals surface area contributed by atoms with Gasteiger partial charge in [0, 0.05) is 11.1 Å². The van der Waals surface area contributed by atoms with Gasteiger partial charge in [0.1, 0.15) is 0 Å². The van der Waals surface area contributed by atoms with Crippen LogP contribution in [0.2, 0.25) is 0 Å². The number of benzene rings is 8. The largest absolute Gasteiger partial charge is 0.248 e. The van der Waals surface area contributed by atoms with E-state index in [-0.39, 0.29) is 0 Å². The van der Waals surface area contributed by atoms with Crippen LogP contribution in [0.3, 0.4) is 0 Å². The predicted molar refractivity (Wildman–Crippen MR) is 228 cm³/mol. The summed E-state index contributed by atoms with van der Waals surface area (Å²) >= 11 is 0. The molecule has 9 aromatic rings. The number of rotatable bonds is 5. The van der Waals surface area contributed by atoms with Crippen LogP contribution >= 0.6 is 0 Å². The zero-order chi connectivity index (χ0) is 36.3. The van der Waals surface area contributed by atoms with E-state index in [4.69, 9.17) is 4.98 Å². The molecular weight excluding hydrogens is 663 g/mol. The highest BCUT2D eigenvalue weighted by Gasteiger charge is 2.52. The molecule has 0 unspecified atom stereocenters. The molecule has 0 amide bonds. The fourth-order valence-electron chi connectivity index (χ4n) is 9.34. The molecule has 256 valence electrons. The zero-order valence-corrected chi connectivity index (χ0v) is 30.2. The summed E-state index contributed by atoms with van der Waals surface area (Å²) in [5.41, 5.74) is 21.3. The standard InChI is InChI=1S/C54H35N/c1-4-17-36(18-5-1)39-31-40(37-19-6-2-7-20-37)33-41(32-39)42-34-51(38-21-8-3-9-22-38)55-52(35-42)46-26-16-30-50-53(46)45-25-12-15-29-49(45)54(50)47-27-13-10-23-43(47)44-24-11-14-28-48(44)54/h1-35H. The van der Waals surface area contributed by atoms with Crippen LogP contribution in [0.5, 0.6) is 0 Å². The summed E-state index contributed by atoms with van der Waals surface area (Å²) in [6.45, 7) is 0. The monoisotopic (exact) mass is 697 g/mol. The van der Waals surface area contributed by atoms with Gasteiger partial charge in [-0.05, 0) is 108 Å². The van der Waals surface area contributed by atoms with Crippen molar-refractivity contribution in [2.75, 3.05) is 0 Å². The first-order valence-electron chi connectivity index (χ1n) is 19.0. The number of nitrogens with zero attached hydrogens (tertiary/aromatic N) is 1. The number of fused-ring (bicyclic) bond motifs is 10. The molecule has 1 heterocycles. The normalized spacial score (nSPS) is 12.9. The van der Waals surface area contributed by atoms with Gasteiger partial charge in [0.25, 0.3) is 0 Å². The molecule has 11 rings (SSSR count). The smallest absolute Gasteiger partial charge is 0.0725 e. The molecular formula is C54H35N. The number of pyridine rings is 1. The van der Waals surface area contributed by atoms with Gasteiger partial charge in [0.2, 0.25) is 0 Å². The predicted octanol–water partition coefficient (Wildman–Crippen LogP) is 13.8. The first-order chi connectivity index (χ1) is 27.3. The minimum Gasteiger partial charge on any atom is -0.248 e. The van der Waals surface area contributed by atoms with Crippen LogP contribution in [0, 0.1) is 0 Å². The molecule has 1 heteroatoms. The SMILES string of the molecule is c1ccc(-c2cc(-c3ccccc3)cc(-c3cc(-c4ccccc4)nc(-c4cccc5c4-c4ccccc4C54c5ccccc5-c5ccccc54)c3)c2)cc1. The second-order valence-corrected chi connectivity index (χ2v) is 14.6. The Morgan fingerprint density at radius 2 is 0.636 bits per heavy atom. The average molecular weight is 698 g/mol. The Bertz CT molecular complexity index is 2800. The summed E-state index contributed by atoms with van der Waals surface area (Å²) in [6, 6.07) is 77.5. The number of hydrogen-bond acceptors (Lipinski definition) is 1. The highest BCUT2D eigenvalue weighted by atomic mass is 14.7. The van der Waals surface area contributed by atoms with Crippen molar-refractivity contribution < 1.29 is 0 Å². The van der Waals surface area contributed by atoms with E-state index in [0.717, 1.165) is 33.6 Å². The van der Waals surface area contributed by atoms with Gasteiger partial charge in [-0.1, -0.05) is 182 Å². The Morgan fingerprint density at radius 3 is 1.20 bits per heavy atom. The lowest BCUT2D eigenvalue weighted by Crippen LogP contribution is -2.25. The zero-order valence-electron chi connectivity index (χ0n) is 30.2. The second kappa shape index (κ2) is 12.5. The Hall–Kier alpha value is -7.09. The molecule has 2 aliphatic carbocycles. The van der Waals surface area contributed by atoms with Crippen LogP contribution < -0.4 is 0 Å². The lowest BCUT2D eigenvalue weighted by atomic mass is 9.70. The molecule has 0 bridgehead atoms. The van der Waals surface area contributed by atoms with Crippen LogP contribution in [0.1, 0.15) is 22.3 Å². The Morgan fingerprint density at radius 1 is 0.255 bits per heavy atom. The second-order valence-electron chi connectivity index (χ2n) is 14.6. The van der Waals surface area contributed by atoms with Gasteiger partial charge in [0.15, 0.2) is 0 Å². The summed E-state index contributed by atoms with van der Waals surface area (Å²) in [7, 11) is 0. The molecule has 0 radical (unpaired) electrons. The van der Waals surface area contributed by atoms with E-state index in [1.54, 1.807) is 0 Å². The van der Waals surface area contributed by atoms with Crippen LogP contribution in [0.15, 0.2) is 212 Å². The molecule has 1 nitrogen and oxygen atoms in total. The highest BCUT2D eigenvalue weighted by Crippen LogP contribution is 2.63. The van der Waals surface area contributed by atoms with Crippen molar-refractivity contribution in [1.29, 1.82) is 0 Å². The Kier molecular flexibility index (Phi) is 7.15. The van der Waals surface area contributed by atoms with E-state index >= 15 is 0 Å². The third-order valence-corrected chi connectivity index (χ3v) is 11.7. The van der Waals surface area contributed by atoms with Crippen LogP contribution in [-0.2, 0) is 5.41 Å². The Labute approximate surface area is 321 Å². The summed E-state index contributed by atoms with van der Waals surface area (Å²) < 4.78 is 0. The van der Waals surface area contributed by atoms with Gasteiger partial charge in [-0.25, -0.2) is 4.98 Å². The van der Waals surface area contributed by atoms with Crippen molar-refractivity contribution in [3.05, 3.63) is 235 Å². The van der Waals surface area contributed by atoms with Crippen molar-refractivity contribution in [3.8, 4) is 78.1 Å². The quantitative estimate of drug-likeness (QED) is 0.174. The summed E-state index contributed by atoms with van der Waals surface area (Å²) in [4.78, 5) is 5.51. The lowest BCUT2D eigenvalue weighted by molar-refractivity contribution is 0.794. The van der Waals surface area contributed by atoms with Crippen molar-refractivity contribution in [2.24, 2.45) is 0 Å². The molecule has 0 saturated carbocycles. The van der Waals surface area contributed by atoms with Crippen LogP contribution in [-0.4, -0.2) is 4.98 Å². The maximum absolute atomic E-state index is 5.51. The number of hydrogen-bond donors (Lipinski definition) is 0. The third kappa shape index (κ3) is 4.83. The first-order valence-corrected chi connectivity index (χ1v) is 19.0. The molecule has 2 aliphatic rings. The summed E-state index contributed by atoms with van der Waals surface area (Å²) in [6.07, 6.45) is 0. The van der Waals surface area contributed by atoms with E-state index in [0.29, 0.717) is 0 Å². The van der Waals surface area contributed by atoms with E-state index in [1.165, 1.54) is 66.8 Å². The van der Waals surface area contributed by atoms with Crippen LogP contribution in [0.4, 0.5) is 0 Å². The van der Waals surface area contributed by atoms with Gasteiger partial charge < -0.3 is 0 Å². The highest BCUT2D eigenvalue weighted by molar-refractivity contribution is 6.00. The average Bonchev–Trinajstić information content (AvgIpc) is 3.75. The Balaban J connectivity index is 1.18. The van der Waals surface area contributed by atoms with Crippen molar-refractivity contribution >= 4 is 0 Å². The van der Waals surface area contributed by atoms with Crippen molar-refractivity contribution in [3.63, 3.8) is 0 Å². The van der Waals surface area contributed by atoms with Crippen molar-refractivity contribution in [2.45, 2.75) is 5.41 Å². The van der Waals surface area contributed by atoms with E-state index in [1.807, 2.05) is 0 Å². The fourth-order valence-corrected chi connectivity index (χ4v) is 9.34. The summed E-state index contributed by atoms with van der Waals surface area (Å²) in [5.74, 6) is 0. The molecule has 8 aromatic carbocycles. The van der Waals surface area contributed by atoms with Gasteiger partial charge in [-0.2, -0.15) is 0 Å². The van der Waals surface area contributed by atoms with Gasteiger partial charge in [-0.3, -0.25) is 0 Å². The third-order valence-electron chi connectivity index (χ3n) is 11.7. The maximum atomic E-state index is 5.51. The molecule has 1 aromatic heterocycles. The van der Waals surface area contributed by atoms with E-state index in [2.05, 4.69) is 212 Å². The van der Waals surface area contributed by atoms with Gasteiger partial charge >= 0.3 is 0 Å². The van der Waals surface area contributed by atoms with Gasteiger partial charge in [0.05, 0.1) is 16.8 Å². The lowest BCUT2D eigenvalue weighted by Gasteiger charge is -2.30.